The summed E-state index contributed by atoms with van der Waals surface area (Å²) in [6, 6.07) is 8.68. The zero-order valence-electron chi connectivity index (χ0n) is 10.9. The Hall–Kier alpha value is -1.28. The molecule has 1 aromatic carbocycles. The Kier molecular flexibility index (Phi) is 4.43. The van der Waals surface area contributed by atoms with Crippen molar-refractivity contribution in [2.24, 2.45) is 0 Å². The van der Waals surface area contributed by atoms with E-state index in [9.17, 15) is 0 Å². The van der Waals surface area contributed by atoms with E-state index in [4.69, 9.17) is 11.6 Å². The van der Waals surface area contributed by atoms with Gasteiger partial charge in [-0.2, -0.15) is 5.10 Å². The molecule has 1 unspecified atom stereocenters. The van der Waals surface area contributed by atoms with E-state index in [1.807, 2.05) is 17.1 Å². The predicted molar refractivity (Wildman–Crippen MR) is 76.0 cm³/mol. The maximum atomic E-state index is 6.19. The number of hydrogen-bond acceptors (Lipinski definition) is 1. The van der Waals surface area contributed by atoms with Crippen LogP contribution in [-0.2, 0) is 13.0 Å². The average Bonchev–Trinajstić information content (AvgIpc) is 2.87. The molecular formula is C15H19ClN2. The number of benzene rings is 1. The molecule has 1 heterocycles. The summed E-state index contributed by atoms with van der Waals surface area (Å²) in [6.45, 7) is 5.05. The molecule has 0 N–H and O–H groups in total. The second kappa shape index (κ2) is 6.05. The van der Waals surface area contributed by atoms with Crippen molar-refractivity contribution in [3.63, 3.8) is 0 Å². The Balaban J connectivity index is 2.06. The summed E-state index contributed by atoms with van der Waals surface area (Å²) >= 11 is 6.19. The molecule has 3 heteroatoms. The standard InChI is InChI=1S/C15H19ClN2/c1-3-12-5-7-13(8-6-12)10-18-11-14(9-17-18)15(16)4-2/h5-9,11,15H,3-4,10H2,1-2H3. The van der Waals surface area contributed by atoms with Gasteiger partial charge < -0.3 is 0 Å². The van der Waals surface area contributed by atoms with Crippen LogP contribution in [0.15, 0.2) is 36.7 Å². The Morgan fingerprint density at radius 1 is 1.17 bits per heavy atom. The lowest BCUT2D eigenvalue weighted by Crippen LogP contribution is -2.00. The lowest BCUT2D eigenvalue weighted by Gasteiger charge is -2.04. The molecule has 0 radical (unpaired) electrons. The minimum atomic E-state index is 0.0706. The van der Waals surface area contributed by atoms with E-state index in [1.165, 1.54) is 11.1 Å². The summed E-state index contributed by atoms with van der Waals surface area (Å²) in [5, 5.41) is 4.43. The lowest BCUT2D eigenvalue weighted by atomic mass is 10.1. The Morgan fingerprint density at radius 2 is 1.83 bits per heavy atom. The van der Waals surface area contributed by atoms with Gasteiger partial charge in [-0.15, -0.1) is 11.6 Å². The van der Waals surface area contributed by atoms with Gasteiger partial charge in [0, 0.05) is 11.8 Å². The van der Waals surface area contributed by atoms with Gasteiger partial charge in [0.2, 0.25) is 0 Å². The van der Waals surface area contributed by atoms with Crippen molar-refractivity contribution < 1.29 is 0 Å². The van der Waals surface area contributed by atoms with Gasteiger partial charge in [-0.05, 0) is 24.0 Å². The minimum Gasteiger partial charge on any atom is -0.268 e. The molecule has 0 amide bonds. The van der Waals surface area contributed by atoms with Gasteiger partial charge in [0.1, 0.15) is 0 Å². The van der Waals surface area contributed by atoms with Crippen LogP contribution >= 0.6 is 11.6 Å². The minimum absolute atomic E-state index is 0.0706. The summed E-state index contributed by atoms with van der Waals surface area (Å²) in [5.74, 6) is 0. The van der Waals surface area contributed by atoms with Gasteiger partial charge in [-0.3, -0.25) is 4.68 Å². The zero-order valence-corrected chi connectivity index (χ0v) is 11.7. The average molecular weight is 263 g/mol. The molecular weight excluding hydrogens is 244 g/mol. The summed E-state index contributed by atoms with van der Waals surface area (Å²) < 4.78 is 1.95. The highest BCUT2D eigenvalue weighted by atomic mass is 35.5. The molecule has 18 heavy (non-hydrogen) atoms. The fraction of sp³-hybridized carbons (Fsp3) is 0.400. The molecule has 0 bridgehead atoms. The molecule has 2 nitrogen and oxygen atoms in total. The number of hydrogen-bond donors (Lipinski definition) is 0. The maximum Gasteiger partial charge on any atom is 0.0659 e. The predicted octanol–water partition coefficient (Wildman–Crippen LogP) is 4.18. The van der Waals surface area contributed by atoms with E-state index in [-0.39, 0.29) is 5.38 Å². The van der Waals surface area contributed by atoms with Crippen molar-refractivity contribution in [2.45, 2.75) is 38.6 Å². The van der Waals surface area contributed by atoms with Crippen molar-refractivity contribution >= 4 is 11.6 Å². The molecule has 2 aromatic rings. The zero-order chi connectivity index (χ0) is 13.0. The van der Waals surface area contributed by atoms with Crippen LogP contribution in [-0.4, -0.2) is 9.78 Å². The normalized spacial score (nSPS) is 12.6. The maximum absolute atomic E-state index is 6.19. The topological polar surface area (TPSA) is 17.8 Å². The van der Waals surface area contributed by atoms with Gasteiger partial charge in [0.25, 0.3) is 0 Å². The smallest absolute Gasteiger partial charge is 0.0659 e. The molecule has 0 aliphatic heterocycles. The fourth-order valence-electron chi connectivity index (χ4n) is 1.93. The molecule has 0 saturated carbocycles. The number of alkyl halides is 1. The molecule has 0 fully saturated rings. The number of aromatic nitrogens is 2. The van der Waals surface area contributed by atoms with Crippen molar-refractivity contribution in [2.75, 3.05) is 0 Å². The van der Waals surface area contributed by atoms with E-state index in [2.05, 4.69) is 43.2 Å². The van der Waals surface area contributed by atoms with E-state index >= 15 is 0 Å². The fourth-order valence-corrected chi connectivity index (χ4v) is 2.04. The third-order valence-corrected chi connectivity index (χ3v) is 3.71. The molecule has 1 aromatic heterocycles. The number of rotatable bonds is 5. The number of aryl methyl sites for hydroxylation is 1. The van der Waals surface area contributed by atoms with Crippen molar-refractivity contribution in [3.8, 4) is 0 Å². The highest BCUT2D eigenvalue weighted by molar-refractivity contribution is 6.20. The molecule has 0 aliphatic carbocycles. The van der Waals surface area contributed by atoms with E-state index < -0.39 is 0 Å². The van der Waals surface area contributed by atoms with Crippen LogP contribution in [0.4, 0.5) is 0 Å². The van der Waals surface area contributed by atoms with Gasteiger partial charge in [-0.1, -0.05) is 38.1 Å². The van der Waals surface area contributed by atoms with Gasteiger partial charge in [0.05, 0.1) is 18.1 Å². The summed E-state index contributed by atoms with van der Waals surface area (Å²) in [5.41, 5.74) is 3.74. The van der Waals surface area contributed by atoms with Gasteiger partial charge in [0.15, 0.2) is 0 Å². The van der Waals surface area contributed by atoms with Crippen molar-refractivity contribution in [1.82, 2.24) is 9.78 Å². The van der Waals surface area contributed by atoms with Crippen LogP contribution in [0.1, 0.15) is 42.3 Å². The first-order chi connectivity index (χ1) is 8.72. The summed E-state index contributed by atoms with van der Waals surface area (Å²) in [7, 11) is 0. The highest BCUT2D eigenvalue weighted by Crippen LogP contribution is 2.22. The van der Waals surface area contributed by atoms with Crippen molar-refractivity contribution in [1.29, 1.82) is 0 Å². The first kappa shape index (κ1) is 13.2. The second-order valence-electron chi connectivity index (χ2n) is 4.52. The number of nitrogens with zero attached hydrogens (tertiary/aromatic N) is 2. The number of halogens is 1. The molecule has 0 aliphatic rings. The first-order valence-electron chi connectivity index (χ1n) is 6.47. The van der Waals surface area contributed by atoms with Crippen LogP contribution in [0.5, 0.6) is 0 Å². The van der Waals surface area contributed by atoms with Crippen LogP contribution in [0.3, 0.4) is 0 Å². The van der Waals surface area contributed by atoms with Gasteiger partial charge in [-0.25, -0.2) is 0 Å². The van der Waals surface area contributed by atoms with E-state index in [0.717, 1.165) is 24.9 Å². The summed E-state index contributed by atoms with van der Waals surface area (Å²) in [4.78, 5) is 0. The van der Waals surface area contributed by atoms with Crippen LogP contribution in [0.25, 0.3) is 0 Å². The molecule has 2 rings (SSSR count). The largest absolute Gasteiger partial charge is 0.268 e. The third-order valence-electron chi connectivity index (χ3n) is 3.15. The Bertz CT molecular complexity index is 487. The van der Waals surface area contributed by atoms with Crippen LogP contribution in [0, 0.1) is 0 Å². The third kappa shape index (κ3) is 3.14. The van der Waals surface area contributed by atoms with Crippen LogP contribution < -0.4 is 0 Å². The monoisotopic (exact) mass is 262 g/mol. The quantitative estimate of drug-likeness (QED) is 0.739. The lowest BCUT2D eigenvalue weighted by molar-refractivity contribution is 0.685. The molecule has 96 valence electrons. The molecule has 0 spiro atoms. The molecule has 0 saturated heterocycles. The Labute approximate surface area is 114 Å². The second-order valence-corrected chi connectivity index (χ2v) is 5.04. The highest BCUT2D eigenvalue weighted by Gasteiger charge is 2.07. The van der Waals surface area contributed by atoms with E-state index in [1.54, 1.807) is 0 Å². The van der Waals surface area contributed by atoms with E-state index in [0.29, 0.717) is 0 Å². The Morgan fingerprint density at radius 3 is 2.44 bits per heavy atom. The SMILES string of the molecule is CCc1ccc(Cn2cc(C(Cl)CC)cn2)cc1. The van der Waals surface area contributed by atoms with Crippen molar-refractivity contribution in [3.05, 3.63) is 53.3 Å². The van der Waals surface area contributed by atoms with Gasteiger partial charge >= 0.3 is 0 Å². The first-order valence-corrected chi connectivity index (χ1v) is 6.90. The van der Waals surface area contributed by atoms with Crippen LogP contribution in [0.2, 0.25) is 0 Å². The summed E-state index contributed by atoms with van der Waals surface area (Å²) in [6.07, 6.45) is 5.91. The molecule has 1 atom stereocenters.